The third-order valence-electron chi connectivity index (χ3n) is 3.42. The van der Waals surface area contributed by atoms with Gasteiger partial charge in [-0.1, -0.05) is 18.2 Å². The first-order valence-electron chi connectivity index (χ1n) is 6.31. The molecule has 1 amide bonds. The van der Waals surface area contributed by atoms with Crippen LogP contribution in [0.1, 0.15) is 30.9 Å². The number of halogens is 1. The number of carbonyl (C=O) groups excluding carboxylic acids is 1. The molecule has 3 nitrogen and oxygen atoms in total. The lowest BCUT2D eigenvalue weighted by Gasteiger charge is -2.31. The Bertz CT molecular complexity index is 430. The number of carbonyl (C=O) groups is 1. The van der Waals surface area contributed by atoms with Crippen LogP contribution < -0.4 is 5.32 Å². The van der Waals surface area contributed by atoms with E-state index in [9.17, 15) is 9.18 Å². The van der Waals surface area contributed by atoms with E-state index in [0.717, 1.165) is 19.3 Å². The summed E-state index contributed by atoms with van der Waals surface area (Å²) in [6.07, 6.45) is 3.23. The van der Waals surface area contributed by atoms with Gasteiger partial charge in [0.1, 0.15) is 11.9 Å². The Morgan fingerprint density at radius 2 is 2.06 bits per heavy atom. The van der Waals surface area contributed by atoms with Gasteiger partial charge in [0.2, 0.25) is 5.91 Å². The van der Waals surface area contributed by atoms with E-state index in [-0.39, 0.29) is 17.8 Å². The van der Waals surface area contributed by atoms with Crippen molar-refractivity contribution >= 4 is 5.91 Å². The predicted octanol–water partition coefficient (Wildman–Crippen LogP) is 2.10. The molecule has 0 radical (unpaired) electrons. The Kier molecular flexibility index (Phi) is 3.97. The van der Waals surface area contributed by atoms with Crippen LogP contribution in [0.3, 0.4) is 0 Å². The molecule has 4 heteroatoms. The molecule has 0 saturated heterocycles. The van der Waals surface area contributed by atoms with E-state index < -0.39 is 6.04 Å². The van der Waals surface area contributed by atoms with Crippen LogP contribution in [0, 0.1) is 5.82 Å². The smallest absolute Gasteiger partial charge is 0.242 e. The molecule has 0 heterocycles. The lowest BCUT2D eigenvalue weighted by Crippen LogP contribution is -2.45. The van der Waals surface area contributed by atoms with Gasteiger partial charge in [-0.05, 0) is 39.4 Å². The molecule has 0 aromatic heterocycles. The van der Waals surface area contributed by atoms with Gasteiger partial charge in [0.05, 0.1) is 0 Å². The van der Waals surface area contributed by atoms with Crippen molar-refractivity contribution in [2.45, 2.75) is 31.3 Å². The minimum absolute atomic E-state index is 0.116. The summed E-state index contributed by atoms with van der Waals surface area (Å²) in [5, 5.41) is 2.98. The summed E-state index contributed by atoms with van der Waals surface area (Å²) >= 11 is 0. The molecule has 1 aromatic carbocycles. The molecular formula is C14H19FN2O. The molecule has 1 fully saturated rings. The quantitative estimate of drug-likeness (QED) is 0.887. The van der Waals surface area contributed by atoms with Gasteiger partial charge in [0.25, 0.3) is 0 Å². The Labute approximate surface area is 107 Å². The number of hydrogen-bond donors (Lipinski definition) is 1. The SMILES string of the molecule is CN(C)[C@@H](C(=O)NC1CCC1)c1ccccc1F. The van der Waals surface area contributed by atoms with Crippen molar-refractivity contribution in [1.82, 2.24) is 10.2 Å². The van der Waals surface area contributed by atoms with Crippen molar-refractivity contribution in [1.29, 1.82) is 0 Å². The second-order valence-electron chi connectivity index (χ2n) is 5.02. The minimum Gasteiger partial charge on any atom is -0.352 e. The monoisotopic (exact) mass is 250 g/mol. The van der Waals surface area contributed by atoms with E-state index in [4.69, 9.17) is 0 Å². The molecule has 1 N–H and O–H groups in total. The fourth-order valence-electron chi connectivity index (χ4n) is 2.18. The maximum atomic E-state index is 13.8. The fraction of sp³-hybridized carbons (Fsp3) is 0.500. The number of benzene rings is 1. The minimum atomic E-state index is -0.563. The molecule has 2 rings (SSSR count). The van der Waals surface area contributed by atoms with E-state index in [1.54, 1.807) is 37.2 Å². The summed E-state index contributed by atoms with van der Waals surface area (Å²) in [7, 11) is 3.58. The van der Waals surface area contributed by atoms with Crippen LogP contribution in [0.2, 0.25) is 0 Å². The molecule has 18 heavy (non-hydrogen) atoms. The largest absolute Gasteiger partial charge is 0.352 e. The maximum absolute atomic E-state index is 13.8. The van der Waals surface area contributed by atoms with Crippen LogP contribution in [0.15, 0.2) is 24.3 Å². The first kappa shape index (κ1) is 13.0. The molecule has 0 aliphatic heterocycles. The average molecular weight is 250 g/mol. The fourth-order valence-corrected chi connectivity index (χ4v) is 2.18. The zero-order valence-electron chi connectivity index (χ0n) is 10.8. The number of amides is 1. The Morgan fingerprint density at radius 3 is 2.56 bits per heavy atom. The van der Waals surface area contributed by atoms with Crippen molar-refractivity contribution < 1.29 is 9.18 Å². The summed E-state index contributed by atoms with van der Waals surface area (Å²) in [5.41, 5.74) is 0.430. The molecule has 1 saturated carbocycles. The van der Waals surface area contributed by atoms with Crippen molar-refractivity contribution in [3.05, 3.63) is 35.6 Å². The summed E-state index contributed by atoms with van der Waals surface area (Å²) in [6.45, 7) is 0. The van der Waals surface area contributed by atoms with Crippen LogP contribution in [0.4, 0.5) is 4.39 Å². The Balaban J connectivity index is 2.17. The number of nitrogens with zero attached hydrogens (tertiary/aromatic N) is 1. The molecule has 0 spiro atoms. The van der Waals surface area contributed by atoms with E-state index in [1.165, 1.54) is 6.07 Å². The number of hydrogen-bond acceptors (Lipinski definition) is 2. The molecule has 0 unspecified atom stereocenters. The van der Waals surface area contributed by atoms with Gasteiger partial charge in [0, 0.05) is 11.6 Å². The van der Waals surface area contributed by atoms with Crippen LogP contribution in [-0.4, -0.2) is 30.9 Å². The standard InChI is InChI=1S/C14H19FN2O/c1-17(2)13(11-8-3-4-9-12(11)15)14(18)16-10-6-5-7-10/h3-4,8-10,13H,5-7H2,1-2H3,(H,16,18)/t13-/m1/s1. The van der Waals surface area contributed by atoms with Gasteiger partial charge >= 0.3 is 0 Å². The lowest BCUT2D eigenvalue weighted by molar-refractivity contribution is -0.127. The zero-order chi connectivity index (χ0) is 13.1. The van der Waals surface area contributed by atoms with Crippen LogP contribution in [0.5, 0.6) is 0 Å². The molecule has 1 aromatic rings. The summed E-state index contributed by atoms with van der Waals surface area (Å²) in [4.78, 5) is 14.0. The van der Waals surface area contributed by atoms with Gasteiger partial charge in [-0.25, -0.2) is 4.39 Å². The van der Waals surface area contributed by atoms with E-state index >= 15 is 0 Å². The van der Waals surface area contributed by atoms with Gasteiger partial charge in [-0.2, -0.15) is 0 Å². The predicted molar refractivity (Wildman–Crippen MR) is 68.6 cm³/mol. The second-order valence-corrected chi connectivity index (χ2v) is 5.02. The topological polar surface area (TPSA) is 32.3 Å². The first-order valence-corrected chi connectivity index (χ1v) is 6.31. The van der Waals surface area contributed by atoms with E-state index in [0.29, 0.717) is 5.56 Å². The number of likely N-dealkylation sites (N-methyl/N-ethyl adjacent to an activating group) is 1. The van der Waals surface area contributed by atoms with Crippen molar-refractivity contribution in [3.8, 4) is 0 Å². The first-order chi connectivity index (χ1) is 8.59. The van der Waals surface area contributed by atoms with E-state index in [2.05, 4.69) is 5.32 Å². The van der Waals surface area contributed by atoms with Crippen molar-refractivity contribution in [2.24, 2.45) is 0 Å². The maximum Gasteiger partial charge on any atom is 0.242 e. The van der Waals surface area contributed by atoms with Crippen molar-refractivity contribution in [2.75, 3.05) is 14.1 Å². The summed E-state index contributed by atoms with van der Waals surface area (Å²) < 4.78 is 13.8. The third kappa shape index (κ3) is 2.70. The highest BCUT2D eigenvalue weighted by Gasteiger charge is 2.28. The molecule has 1 aliphatic carbocycles. The number of nitrogens with one attached hydrogen (secondary N) is 1. The van der Waals surface area contributed by atoms with Gasteiger partial charge < -0.3 is 5.32 Å². The molecule has 98 valence electrons. The zero-order valence-corrected chi connectivity index (χ0v) is 10.8. The Hall–Kier alpha value is -1.42. The summed E-state index contributed by atoms with van der Waals surface area (Å²) in [6, 6.07) is 6.16. The van der Waals surface area contributed by atoms with Gasteiger partial charge in [-0.15, -0.1) is 0 Å². The third-order valence-corrected chi connectivity index (χ3v) is 3.42. The molecule has 1 aliphatic rings. The van der Waals surface area contributed by atoms with Crippen LogP contribution >= 0.6 is 0 Å². The van der Waals surface area contributed by atoms with Gasteiger partial charge in [0.15, 0.2) is 0 Å². The molecular weight excluding hydrogens is 231 g/mol. The second kappa shape index (κ2) is 5.48. The van der Waals surface area contributed by atoms with Gasteiger partial charge in [-0.3, -0.25) is 9.69 Å². The Morgan fingerprint density at radius 1 is 1.39 bits per heavy atom. The summed E-state index contributed by atoms with van der Waals surface area (Å²) in [5.74, 6) is -0.449. The molecule has 0 bridgehead atoms. The highest BCUT2D eigenvalue weighted by Crippen LogP contribution is 2.24. The number of rotatable bonds is 4. The highest BCUT2D eigenvalue weighted by atomic mass is 19.1. The normalized spacial score (nSPS) is 17.3. The van der Waals surface area contributed by atoms with Crippen LogP contribution in [0.25, 0.3) is 0 Å². The van der Waals surface area contributed by atoms with Crippen LogP contribution in [-0.2, 0) is 4.79 Å². The average Bonchev–Trinajstić information content (AvgIpc) is 2.26. The van der Waals surface area contributed by atoms with E-state index in [1.807, 2.05) is 0 Å². The van der Waals surface area contributed by atoms with Crippen molar-refractivity contribution in [3.63, 3.8) is 0 Å². The molecule has 1 atom stereocenters. The highest BCUT2D eigenvalue weighted by molar-refractivity contribution is 5.83. The lowest BCUT2D eigenvalue weighted by atomic mass is 9.92.